The van der Waals surface area contributed by atoms with Gasteiger partial charge in [0.25, 0.3) is 0 Å². The molecule has 0 aliphatic carbocycles. The number of anilines is 1. The van der Waals surface area contributed by atoms with Gasteiger partial charge in [0.05, 0.1) is 17.6 Å². The summed E-state index contributed by atoms with van der Waals surface area (Å²) in [7, 11) is 0. The lowest BCUT2D eigenvalue weighted by atomic mass is 10.2. The Hall–Kier alpha value is -3.29. The van der Waals surface area contributed by atoms with E-state index in [1.807, 2.05) is 0 Å². The van der Waals surface area contributed by atoms with Crippen LogP contribution in [0.2, 0.25) is 0 Å². The van der Waals surface area contributed by atoms with Crippen LogP contribution >= 0.6 is 0 Å². The number of carbonyl (C=O) groups is 1. The number of rotatable bonds is 2. The summed E-state index contributed by atoms with van der Waals surface area (Å²) in [6.45, 7) is -0.361. The van der Waals surface area contributed by atoms with Gasteiger partial charge in [-0.2, -0.15) is 0 Å². The average molecular weight is 329 g/mol. The van der Waals surface area contributed by atoms with Gasteiger partial charge < -0.3 is 11.1 Å². The van der Waals surface area contributed by atoms with Gasteiger partial charge >= 0.3 is 6.03 Å². The molecule has 0 bridgehead atoms. The molecule has 0 spiro atoms. The third kappa shape index (κ3) is 2.69. The topological polar surface area (TPSA) is 96.8 Å². The molecule has 0 saturated heterocycles. The maximum Gasteiger partial charge on any atom is 0.328 e. The van der Waals surface area contributed by atoms with Gasteiger partial charge in [-0.25, -0.2) is 23.1 Å². The average Bonchev–Trinajstić information content (AvgIpc) is 2.55. The Morgan fingerprint density at radius 2 is 1.83 bits per heavy atom. The van der Waals surface area contributed by atoms with Crippen molar-refractivity contribution in [2.24, 2.45) is 0 Å². The summed E-state index contributed by atoms with van der Waals surface area (Å²) in [6, 6.07) is 9.36. The molecule has 3 rings (SSSR count). The summed E-state index contributed by atoms with van der Waals surface area (Å²) in [6.07, 6.45) is 0. The quantitative estimate of drug-likeness (QED) is 0.672. The molecule has 0 aliphatic rings. The Bertz CT molecular complexity index is 979. The molecular formula is C16H13F2N5O. The fraction of sp³-hybridized carbons (Fsp3) is 0.0625. The van der Waals surface area contributed by atoms with Crippen LogP contribution in [0.25, 0.3) is 11.0 Å². The number of benzene rings is 2. The maximum absolute atomic E-state index is 13.6. The van der Waals surface area contributed by atoms with Crippen LogP contribution in [0.15, 0.2) is 42.5 Å². The summed E-state index contributed by atoms with van der Waals surface area (Å²) in [4.78, 5) is 16.5. The fourth-order valence-electron chi connectivity index (χ4n) is 2.32. The minimum absolute atomic E-state index is 0.124. The molecule has 3 aromatic rings. The third-order valence-electron chi connectivity index (χ3n) is 3.51. The van der Waals surface area contributed by atoms with E-state index in [0.717, 1.165) is 16.7 Å². The number of para-hydroxylation sites is 2. The summed E-state index contributed by atoms with van der Waals surface area (Å²) >= 11 is 0. The van der Waals surface area contributed by atoms with Crippen molar-refractivity contribution in [1.29, 1.82) is 5.41 Å². The van der Waals surface area contributed by atoms with Crippen molar-refractivity contribution < 1.29 is 13.6 Å². The van der Waals surface area contributed by atoms with Crippen LogP contribution in [-0.2, 0) is 6.54 Å². The van der Waals surface area contributed by atoms with Crippen LogP contribution < -0.4 is 16.5 Å². The number of aromatic nitrogens is 2. The van der Waals surface area contributed by atoms with Gasteiger partial charge in [-0.3, -0.25) is 5.41 Å². The van der Waals surface area contributed by atoms with Crippen LogP contribution in [0, 0.1) is 17.0 Å². The molecular weight excluding hydrogens is 316 g/mol. The molecule has 0 unspecified atom stereocenters. The van der Waals surface area contributed by atoms with Gasteiger partial charge in [-0.15, -0.1) is 0 Å². The number of halogens is 2. The zero-order valence-electron chi connectivity index (χ0n) is 12.4. The highest BCUT2D eigenvalue weighted by Gasteiger charge is 2.14. The molecule has 122 valence electrons. The number of hydrogen-bond acceptors (Lipinski definition) is 4. The summed E-state index contributed by atoms with van der Waals surface area (Å²) in [5.41, 5.74) is 5.89. The molecule has 24 heavy (non-hydrogen) atoms. The summed E-state index contributed by atoms with van der Waals surface area (Å²) in [5, 5.41) is 10.3. The molecule has 6 nitrogen and oxygen atoms in total. The van der Waals surface area contributed by atoms with Gasteiger partial charge in [0, 0.05) is 5.56 Å². The molecule has 0 atom stereocenters. The molecule has 4 N–H and O–H groups in total. The molecule has 0 fully saturated rings. The van der Waals surface area contributed by atoms with Gasteiger partial charge in [0.15, 0.2) is 11.3 Å². The monoisotopic (exact) mass is 329 g/mol. The molecule has 8 heteroatoms. The van der Waals surface area contributed by atoms with Crippen molar-refractivity contribution in [1.82, 2.24) is 14.9 Å². The number of fused-ring (bicyclic) bond motifs is 1. The number of nitrogens with zero attached hydrogens (tertiary/aromatic N) is 2. The van der Waals surface area contributed by atoms with Crippen LogP contribution in [0.3, 0.4) is 0 Å². The van der Waals surface area contributed by atoms with E-state index in [2.05, 4.69) is 10.3 Å². The largest absolute Gasteiger partial charge is 0.381 e. The lowest BCUT2D eigenvalue weighted by molar-refractivity contribution is 0.241. The van der Waals surface area contributed by atoms with Crippen LogP contribution in [0.5, 0.6) is 0 Å². The highest BCUT2D eigenvalue weighted by atomic mass is 19.1. The zero-order valence-corrected chi connectivity index (χ0v) is 12.4. The molecule has 2 aromatic carbocycles. The Labute approximate surface area is 135 Å². The highest BCUT2D eigenvalue weighted by Crippen LogP contribution is 2.13. The van der Waals surface area contributed by atoms with Crippen molar-refractivity contribution in [3.05, 3.63) is 65.2 Å². The first kappa shape index (κ1) is 15.6. The zero-order chi connectivity index (χ0) is 17.3. The minimum Gasteiger partial charge on any atom is -0.381 e. The highest BCUT2D eigenvalue weighted by molar-refractivity contribution is 5.89. The first-order valence-electron chi connectivity index (χ1n) is 7.02. The van der Waals surface area contributed by atoms with Gasteiger partial charge in [0.2, 0.25) is 0 Å². The lowest BCUT2D eigenvalue weighted by Crippen LogP contribution is -2.38. The van der Waals surface area contributed by atoms with Crippen molar-refractivity contribution in [2.45, 2.75) is 6.54 Å². The minimum atomic E-state index is -0.759. The van der Waals surface area contributed by atoms with E-state index in [1.54, 1.807) is 24.3 Å². The van der Waals surface area contributed by atoms with Crippen LogP contribution in [-0.4, -0.2) is 15.6 Å². The van der Waals surface area contributed by atoms with Crippen molar-refractivity contribution >= 4 is 22.9 Å². The molecule has 0 saturated carbocycles. The van der Waals surface area contributed by atoms with Crippen LogP contribution in [0.4, 0.5) is 19.4 Å². The number of carbonyl (C=O) groups excluding carboxylic acids is 1. The Balaban J connectivity index is 1.98. The van der Waals surface area contributed by atoms with Crippen LogP contribution in [0.1, 0.15) is 5.56 Å². The van der Waals surface area contributed by atoms with E-state index in [1.165, 1.54) is 6.07 Å². The first-order chi connectivity index (χ1) is 11.5. The molecule has 1 aromatic heterocycles. The van der Waals surface area contributed by atoms with E-state index >= 15 is 0 Å². The normalized spacial score (nSPS) is 10.8. The predicted octanol–water partition coefficient (Wildman–Crippen LogP) is 2.13. The van der Waals surface area contributed by atoms with E-state index < -0.39 is 17.7 Å². The third-order valence-corrected chi connectivity index (χ3v) is 3.51. The number of nitrogen functional groups attached to an aromatic ring is 1. The Morgan fingerprint density at radius 1 is 1.17 bits per heavy atom. The number of nitrogens with one attached hydrogen (secondary N) is 2. The fourth-order valence-corrected chi connectivity index (χ4v) is 2.32. The number of hydrogen-bond donors (Lipinski definition) is 3. The van der Waals surface area contributed by atoms with E-state index in [9.17, 15) is 13.6 Å². The molecule has 1 heterocycles. The Kier molecular flexibility index (Phi) is 3.95. The second-order valence-electron chi connectivity index (χ2n) is 5.03. The smallest absolute Gasteiger partial charge is 0.328 e. The number of amides is 1. The van der Waals surface area contributed by atoms with Crippen molar-refractivity contribution in [2.75, 3.05) is 5.73 Å². The van der Waals surface area contributed by atoms with E-state index in [0.29, 0.717) is 11.0 Å². The maximum atomic E-state index is 13.6. The second-order valence-corrected chi connectivity index (χ2v) is 5.03. The van der Waals surface area contributed by atoms with Gasteiger partial charge in [-0.05, 0) is 24.3 Å². The van der Waals surface area contributed by atoms with Gasteiger partial charge in [0.1, 0.15) is 11.6 Å². The number of nitrogens with two attached hydrogens (primary N) is 1. The van der Waals surface area contributed by atoms with Gasteiger partial charge in [-0.1, -0.05) is 18.2 Å². The predicted molar refractivity (Wildman–Crippen MR) is 84.0 cm³/mol. The van der Waals surface area contributed by atoms with Crippen molar-refractivity contribution in [3.8, 4) is 0 Å². The molecule has 0 radical (unpaired) electrons. The first-order valence-corrected chi connectivity index (χ1v) is 7.02. The lowest BCUT2D eigenvalue weighted by Gasteiger charge is -2.13. The Morgan fingerprint density at radius 3 is 2.54 bits per heavy atom. The SMILES string of the molecule is N=c1c(N)nc2ccccc2n1C(=O)NCc1c(F)cccc1F. The van der Waals surface area contributed by atoms with E-state index in [-0.39, 0.29) is 23.4 Å². The van der Waals surface area contributed by atoms with Crippen molar-refractivity contribution in [3.63, 3.8) is 0 Å². The molecule has 0 aliphatic heterocycles. The van der Waals surface area contributed by atoms with E-state index in [4.69, 9.17) is 11.1 Å². The standard InChI is InChI=1S/C16H13F2N5O/c17-10-4-3-5-11(18)9(10)8-21-16(24)23-13-7-2-1-6-12(13)22-14(19)15(23)20/h1-7,20H,8H2,(H2,19,22)(H,21,24). The second kappa shape index (κ2) is 6.07. The molecule has 1 amide bonds. The summed E-state index contributed by atoms with van der Waals surface area (Å²) < 4.78 is 28.3. The summed E-state index contributed by atoms with van der Waals surface area (Å²) in [5.74, 6) is -1.64.